The molecule has 6 nitrogen and oxygen atoms in total. The summed E-state index contributed by atoms with van der Waals surface area (Å²) in [5.41, 5.74) is 7.98. The van der Waals surface area contributed by atoms with E-state index in [-0.39, 0.29) is 18.2 Å². The van der Waals surface area contributed by atoms with Crippen LogP contribution in [0.5, 0.6) is 5.75 Å². The summed E-state index contributed by atoms with van der Waals surface area (Å²) in [6.07, 6.45) is 0.184. The van der Waals surface area contributed by atoms with Crippen molar-refractivity contribution < 1.29 is 14.3 Å². The molecule has 2 amide bonds. The second-order valence-corrected chi connectivity index (χ2v) is 7.67. The van der Waals surface area contributed by atoms with E-state index in [4.69, 9.17) is 16.3 Å². The molecule has 3 aromatic rings. The van der Waals surface area contributed by atoms with Gasteiger partial charge in [-0.3, -0.25) is 20.4 Å². The Morgan fingerprint density at radius 3 is 2.61 bits per heavy atom. The zero-order chi connectivity index (χ0) is 21.6. The summed E-state index contributed by atoms with van der Waals surface area (Å²) in [5, 5.41) is 0.653. The van der Waals surface area contributed by atoms with Crippen molar-refractivity contribution in [2.45, 2.75) is 13.0 Å². The van der Waals surface area contributed by atoms with Crippen LogP contribution in [0.2, 0.25) is 5.02 Å². The van der Waals surface area contributed by atoms with Crippen molar-refractivity contribution in [3.8, 4) is 5.75 Å². The Hall–Kier alpha value is -3.51. The Labute approximate surface area is 185 Å². The average molecular weight is 436 g/mol. The number of hydrogen-bond acceptors (Lipinski definition) is 4. The highest BCUT2D eigenvalue weighted by molar-refractivity contribution is 6.31. The molecule has 1 aliphatic rings. The molecule has 0 aliphatic carbocycles. The molecular weight excluding hydrogens is 414 g/mol. The first-order valence-corrected chi connectivity index (χ1v) is 10.4. The van der Waals surface area contributed by atoms with Crippen molar-refractivity contribution in [1.29, 1.82) is 0 Å². The maximum absolute atomic E-state index is 12.6. The van der Waals surface area contributed by atoms with E-state index in [9.17, 15) is 9.59 Å². The lowest BCUT2D eigenvalue weighted by molar-refractivity contribution is -0.125. The van der Waals surface area contributed by atoms with E-state index in [1.165, 1.54) is 0 Å². The zero-order valence-electron chi connectivity index (χ0n) is 16.8. The monoisotopic (exact) mass is 435 g/mol. The van der Waals surface area contributed by atoms with E-state index in [0.29, 0.717) is 29.6 Å². The third-order valence-corrected chi connectivity index (χ3v) is 5.45. The van der Waals surface area contributed by atoms with Crippen LogP contribution in [-0.4, -0.2) is 18.4 Å². The number of rotatable bonds is 7. The normalized spacial score (nSPS) is 15.6. The Balaban J connectivity index is 1.31. The van der Waals surface area contributed by atoms with Crippen LogP contribution in [0.3, 0.4) is 0 Å². The van der Waals surface area contributed by atoms with E-state index in [1.54, 1.807) is 11.0 Å². The third kappa shape index (κ3) is 5.16. The summed E-state index contributed by atoms with van der Waals surface area (Å²) in [5.74, 6) is -0.0548. The number of amides is 2. The second-order valence-electron chi connectivity index (χ2n) is 7.26. The van der Waals surface area contributed by atoms with E-state index in [0.717, 1.165) is 11.3 Å². The minimum atomic E-state index is -0.417. The highest BCUT2D eigenvalue weighted by Crippen LogP contribution is 2.25. The van der Waals surface area contributed by atoms with Crippen LogP contribution in [0.1, 0.15) is 12.0 Å². The minimum Gasteiger partial charge on any atom is -0.489 e. The van der Waals surface area contributed by atoms with Crippen LogP contribution in [0.4, 0.5) is 11.4 Å². The maximum Gasteiger partial charge on any atom is 0.243 e. The summed E-state index contributed by atoms with van der Waals surface area (Å²) in [7, 11) is 0. The Kier molecular flexibility index (Phi) is 6.38. The minimum absolute atomic E-state index is 0.0543. The van der Waals surface area contributed by atoms with Gasteiger partial charge in [-0.2, -0.15) is 0 Å². The molecule has 0 radical (unpaired) electrons. The predicted octanol–water partition coefficient (Wildman–Crippen LogP) is 4.42. The fourth-order valence-corrected chi connectivity index (χ4v) is 3.61. The van der Waals surface area contributed by atoms with E-state index >= 15 is 0 Å². The summed E-state index contributed by atoms with van der Waals surface area (Å²) >= 11 is 6.16. The molecule has 4 rings (SSSR count). The quantitative estimate of drug-likeness (QED) is 0.539. The molecule has 7 heteroatoms. The van der Waals surface area contributed by atoms with Gasteiger partial charge >= 0.3 is 0 Å². The topological polar surface area (TPSA) is 70.7 Å². The van der Waals surface area contributed by atoms with Crippen LogP contribution in [0.25, 0.3) is 0 Å². The third-order valence-electron chi connectivity index (χ3n) is 5.08. The molecular formula is C24H22ClN3O3. The van der Waals surface area contributed by atoms with Gasteiger partial charge in [-0.25, -0.2) is 0 Å². The van der Waals surface area contributed by atoms with Crippen LogP contribution < -0.4 is 20.5 Å². The number of benzene rings is 3. The lowest BCUT2D eigenvalue weighted by Crippen LogP contribution is -2.36. The van der Waals surface area contributed by atoms with Gasteiger partial charge in [-0.1, -0.05) is 54.1 Å². The van der Waals surface area contributed by atoms with Gasteiger partial charge in [0.2, 0.25) is 11.8 Å². The molecule has 0 aromatic heterocycles. The van der Waals surface area contributed by atoms with Gasteiger partial charge in [0, 0.05) is 35.3 Å². The Morgan fingerprint density at radius 1 is 1.03 bits per heavy atom. The predicted molar refractivity (Wildman–Crippen MR) is 121 cm³/mol. The summed E-state index contributed by atoms with van der Waals surface area (Å²) in [4.78, 5) is 26.5. The van der Waals surface area contributed by atoms with E-state index in [2.05, 4.69) is 10.9 Å². The number of hydrogen-bond donors (Lipinski definition) is 2. The van der Waals surface area contributed by atoms with Crippen LogP contribution >= 0.6 is 11.6 Å². The molecule has 1 saturated heterocycles. The first kappa shape index (κ1) is 20.8. The molecule has 3 aromatic carbocycles. The summed E-state index contributed by atoms with van der Waals surface area (Å²) < 4.78 is 5.81. The molecule has 0 spiro atoms. The Morgan fingerprint density at radius 2 is 1.81 bits per heavy atom. The number of carbonyl (C=O) groups is 2. The first-order valence-electron chi connectivity index (χ1n) is 9.98. The standard InChI is InChI=1S/C24H22ClN3O3/c25-22-12-5-4-7-17(22)16-31-21-11-6-8-19(14-21)26-27-24(30)18-13-23(29)28(15-18)20-9-2-1-3-10-20/h1-12,14,18,26H,13,15-16H2,(H,27,30)/t18-/m0/s1. The number of carbonyl (C=O) groups excluding carboxylic acids is 2. The first-order chi connectivity index (χ1) is 15.1. The largest absolute Gasteiger partial charge is 0.489 e. The maximum atomic E-state index is 12.6. The number of halogens is 1. The fourth-order valence-electron chi connectivity index (χ4n) is 3.42. The van der Waals surface area contributed by atoms with Crippen molar-refractivity contribution in [2.75, 3.05) is 16.9 Å². The highest BCUT2D eigenvalue weighted by Gasteiger charge is 2.35. The highest BCUT2D eigenvalue weighted by atomic mass is 35.5. The number of nitrogens with one attached hydrogen (secondary N) is 2. The van der Waals surface area contributed by atoms with Gasteiger partial charge in [-0.05, 0) is 30.3 Å². The van der Waals surface area contributed by atoms with Crippen molar-refractivity contribution in [3.63, 3.8) is 0 Å². The van der Waals surface area contributed by atoms with Crippen LogP contribution in [0, 0.1) is 5.92 Å². The van der Waals surface area contributed by atoms with E-state index in [1.807, 2.05) is 72.8 Å². The van der Waals surface area contributed by atoms with Gasteiger partial charge in [-0.15, -0.1) is 0 Å². The van der Waals surface area contributed by atoms with Gasteiger partial charge in [0.1, 0.15) is 12.4 Å². The molecule has 0 unspecified atom stereocenters. The molecule has 1 heterocycles. The smallest absolute Gasteiger partial charge is 0.243 e. The van der Waals surface area contributed by atoms with Gasteiger partial charge in [0.15, 0.2) is 0 Å². The zero-order valence-corrected chi connectivity index (χ0v) is 17.5. The summed E-state index contributed by atoms with van der Waals surface area (Å²) in [6, 6.07) is 24.1. The number of para-hydroxylation sites is 1. The lowest BCUT2D eigenvalue weighted by Gasteiger charge is -2.17. The molecule has 1 aliphatic heterocycles. The SMILES string of the molecule is O=C(NNc1cccc(OCc2ccccc2Cl)c1)[C@H]1CC(=O)N(c2ccccc2)C1. The number of anilines is 2. The fraction of sp³-hybridized carbons (Fsp3) is 0.167. The molecule has 0 bridgehead atoms. The van der Waals surface area contributed by atoms with Crippen LogP contribution in [-0.2, 0) is 16.2 Å². The lowest BCUT2D eigenvalue weighted by atomic mass is 10.1. The molecule has 1 fully saturated rings. The van der Waals surface area contributed by atoms with Crippen LogP contribution in [0.15, 0.2) is 78.9 Å². The van der Waals surface area contributed by atoms with Gasteiger partial charge in [0.05, 0.1) is 11.6 Å². The molecule has 2 N–H and O–H groups in total. The van der Waals surface area contributed by atoms with Gasteiger partial charge < -0.3 is 9.64 Å². The number of nitrogens with zero attached hydrogens (tertiary/aromatic N) is 1. The average Bonchev–Trinajstić information content (AvgIpc) is 3.19. The Bertz CT molecular complexity index is 1070. The second kappa shape index (κ2) is 9.53. The number of ether oxygens (including phenoxy) is 1. The van der Waals surface area contributed by atoms with Crippen molar-refractivity contribution in [3.05, 3.63) is 89.4 Å². The van der Waals surface area contributed by atoms with Gasteiger partial charge in [0.25, 0.3) is 0 Å². The van der Waals surface area contributed by atoms with Crippen molar-refractivity contribution >= 4 is 34.8 Å². The molecule has 158 valence electrons. The summed E-state index contributed by atoms with van der Waals surface area (Å²) in [6.45, 7) is 0.701. The molecule has 0 saturated carbocycles. The van der Waals surface area contributed by atoms with E-state index < -0.39 is 5.92 Å². The number of hydrazine groups is 1. The molecule has 31 heavy (non-hydrogen) atoms. The van der Waals surface area contributed by atoms with Crippen molar-refractivity contribution in [2.24, 2.45) is 5.92 Å². The molecule has 1 atom stereocenters. The van der Waals surface area contributed by atoms with Crippen molar-refractivity contribution in [1.82, 2.24) is 5.43 Å².